The maximum absolute atomic E-state index is 14.8. The fourth-order valence-corrected chi connectivity index (χ4v) is 4.10. The first-order valence-corrected chi connectivity index (χ1v) is 11.2. The molecule has 0 bridgehead atoms. The summed E-state index contributed by atoms with van der Waals surface area (Å²) in [4.78, 5) is 18.5. The van der Waals surface area contributed by atoms with E-state index in [0.717, 1.165) is 31.5 Å². The van der Waals surface area contributed by atoms with E-state index < -0.39 is 11.7 Å². The molecule has 3 N–H and O–H groups in total. The van der Waals surface area contributed by atoms with Gasteiger partial charge in [-0.2, -0.15) is 9.37 Å². The lowest BCUT2D eigenvalue weighted by Gasteiger charge is -2.33. The van der Waals surface area contributed by atoms with Crippen molar-refractivity contribution >= 4 is 23.0 Å². The highest BCUT2D eigenvalue weighted by Gasteiger charge is 2.27. The molecule has 33 heavy (non-hydrogen) atoms. The molecule has 4 rings (SSSR count). The van der Waals surface area contributed by atoms with Gasteiger partial charge in [0.2, 0.25) is 5.82 Å². The van der Waals surface area contributed by atoms with E-state index in [2.05, 4.69) is 16.4 Å². The minimum Gasteiger partial charge on any atom is -0.491 e. The van der Waals surface area contributed by atoms with Crippen molar-refractivity contribution in [3.8, 4) is 11.5 Å². The highest BCUT2D eigenvalue weighted by molar-refractivity contribution is 6.03. The summed E-state index contributed by atoms with van der Waals surface area (Å²) in [7, 11) is 0. The van der Waals surface area contributed by atoms with Gasteiger partial charge in [0, 0.05) is 18.7 Å². The van der Waals surface area contributed by atoms with Crippen LogP contribution in [0.25, 0.3) is 11.1 Å². The van der Waals surface area contributed by atoms with Crippen LogP contribution in [0.2, 0.25) is 0 Å². The fourth-order valence-electron chi connectivity index (χ4n) is 4.10. The van der Waals surface area contributed by atoms with Crippen molar-refractivity contribution in [3.05, 3.63) is 47.3 Å². The van der Waals surface area contributed by atoms with Gasteiger partial charge < -0.3 is 29.8 Å². The van der Waals surface area contributed by atoms with E-state index in [1.165, 1.54) is 0 Å². The van der Waals surface area contributed by atoms with Gasteiger partial charge in [-0.05, 0) is 69.6 Å². The number of ether oxygens (including phenoxy) is 2. The second-order valence-electron chi connectivity index (χ2n) is 7.81. The molecule has 1 fully saturated rings. The lowest BCUT2D eigenvalue weighted by molar-refractivity contribution is 0.100. The topological polar surface area (TPSA) is 103 Å². The molecule has 1 amide bonds. The van der Waals surface area contributed by atoms with Crippen molar-refractivity contribution in [2.75, 3.05) is 31.2 Å². The number of hydrogen-bond donors (Lipinski definition) is 2. The Labute approximate surface area is 191 Å². The Morgan fingerprint density at radius 1 is 1.27 bits per heavy atom. The molecule has 8 nitrogen and oxygen atoms in total. The number of aromatic nitrogens is 1. The number of halogens is 1. The number of rotatable bonds is 9. The van der Waals surface area contributed by atoms with E-state index in [0.29, 0.717) is 36.9 Å². The van der Waals surface area contributed by atoms with Crippen LogP contribution in [0, 0.1) is 11.9 Å². The number of anilines is 1. The molecular weight excluding hydrogens is 427 g/mol. The maximum atomic E-state index is 14.8. The van der Waals surface area contributed by atoms with Crippen LogP contribution in [0.4, 0.5) is 10.4 Å². The summed E-state index contributed by atoms with van der Waals surface area (Å²) in [6.07, 6.45) is 1.76. The number of fused-ring (bicyclic) bond motifs is 1. The smallest absolute Gasteiger partial charge is 0.298 e. The summed E-state index contributed by atoms with van der Waals surface area (Å²) < 4.78 is 31.8. The van der Waals surface area contributed by atoms with Crippen molar-refractivity contribution in [1.82, 2.24) is 10.3 Å². The molecule has 9 heteroatoms. The van der Waals surface area contributed by atoms with Gasteiger partial charge in [0.15, 0.2) is 17.1 Å². The number of piperidine rings is 1. The molecule has 1 radical (unpaired) electrons. The summed E-state index contributed by atoms with van der Waals surface area (Å²) in [6.45, 7) is 6.39. The molecule has 175 valence electrons. The van der Waals surface area contributed by atoms with Crippen molar-refractivity contribution < 1.29 is 23.1 Å². The van der Waals surface area contributed by atoms with E-state index in [-0.39, 0.29) is 23.1 Å². The number of primary amides is 1. The first-order chi connectivity index (χ1) is 16.0. The number of benzene rings is 2. The van der Waals surface area contributed by atoms with Gasteiger partial charge in [-0.3, -0.25) is 4.79 Å². The molecule has 1 saturated heterocycles. The van der Waals surface area contributed by atoms with Gasteiger partial charge in [-0.25, -0.2) is 0 Å². The standard InChI is InChI=1S/C24H28FN4O4/c1-3-31-19-12-15(13-20(21(19)25)32-4-2)14-29(16-8-10-27-11-9-16)24-28-22-17(23(26)30)6-5-7-18(22)33-24/h5-6,12-13,16,27H,3-4,8-11,14H2,1-2H3,(H2,26,30). The zero-order valence-corrected chi connectivity index (χ0v) is 18.8. The van der Waals surface area contributed by atoms with Gasteiger partial charge in [0.25, 0.3) is 11.9 Å². The first-order valence-electron chi connectivity index (χ1n) is 11.2. The normalized spacial score (nSPS) is 14.4. The Hall–Kier alpha value is -3.33. The van der Waals surface area contributed by atoms with Gasteiger partial charge >= 0.3 is 0 Å². The number of nitrogens with two attached hydrogens (primary N) is 1. The minimum absolute atomic E-state index is 0.132. The quantitative estimate of drug-likeness (QED) is 0.510. The second kappa shape index (κ2) is 10.1. The first kappa shape index (κ1) is 22.8. The van der Waals surface area contributed by atoms with Crippen LogP contribution in [-0.4, -0.2) is 43.2 Å². The fraction of sp³-hybridized carbons (Fsp3) is 0.417. The van der Waals surface area contributed by atoms with Gasteiger partial charge in [-0.15, -0.1) is 0 Å². The highest BCUT2D eigenvalue weighted by atomic mass is 19.1. The molecule has 1 aliphatic rings. The third-order valence-corrected chi connectivity index (χ3v) is 5.61. The highest BCUT2D eigenvalue weighted by Crippen LogP contribution is 2.33. The molecule has 1 aromatic heterocycles. The monoisotopic (exact) mass is 455 g/mol. The zero-order chi connectivity index (χ0) is 23.4. The molecule has 2 heterocycles. The molecular formula is C24H28FN4O4. The SMILES string of the molecule is CCOc1cc(CN(c2nc3c(C(N)=O)cc[c]c3o2)C2CCNCC2)cc(OCC)c1F. The summed E-state index contributed by atoms with van der Waals surface area (Å²) in [5, 5.41) is 3.36. The number of oxazole rings is 1. The Bertz CT molecular complexity index is 1100. The Morgan fingerprint density at radius 2 is 1.94 bits per heavy atom. The molecule has 2 aromatic carbocycles. The van der Waals surface area contributed by atoms with E-state index >= 15 is 0 Å². The molecule has 3 aromatic rings. The van der Waals surface area contributed by atoms with Crippen LogP contribution in [-0.2, 0) is 6.54 Å². The van der Waals surface area contributed by atoms with Crippen molar-refractivity contribution in [2.24, 2.45) is 5.73 Å². The molecule has 1 aliphatic heterocycles. The number of amides is 1. The van der Waals surface area contributed by atoms with Crippen LogP contribution < -0.4 is 25.4 Å². The number of carbonyl (C=O) groups excluding carboxylic acids is 1. The van der Waals surface area contributed by atoms with Gasteiger partial charge in [-0.1, -0.05) is 0 Å². The second-order valence-corrected chi connectivity index (χ2v) is 7.81. The zero-order valence-electron chi connectivity index (χ0n) is 18.8. The van der Waals surface area contributed by atoms with Crippen LogP contribution in [0.5, 0.6) is 11.5 Å². The third-order valence-electron chi connectivity index (χ3n) is 5.61. The maximum Gasteiger partial charge on any atom is 0.298 e. The van der Waals surface area contributed by atoms with Crippen LogP contribution in [0.3, 0.4) is 0 Å². The predicted molar refractivity (Wildman–Crippen MR) is 122 cm³/mol. The van der Waals surface area contributed by atoms with Gasteiger partial charge in [0.1, 0.15) is 5.52 Å². The van der Waals surface area contributed by atoms with Crippen LogP contribution in [0.15, 0.2) is 28.7 Å². The lowest BCUT2D eigenvalue weighted by atomic mass is 10.0. The third kappa shape index (κ3) is 4.88. The van der Waals surface area contributed by atoms with E-state index in [9.17, 15) is 9.18 Å². The summed E-state index contributed by atoms with van der Waals surface area (Å²) in [6, 6.07) is 10.0. The molecule has 0 aliphatic carbocycles. The Morgan fingerprint density at radius 3 is 2.55 bits per heavy atom. The van der Waals surface area contributed by atoms with Crippen molar-refractivity contribution in [2.45, 2.75) is 39.3 Å². The molecule has 0 spiro atoms. The summed E-state index contributed by atoms with van der Waals surface area (Å²) in [5.41, 5.74) is 7.33. The van der Waals surface area contributed by atoms with E-state index in [1.807, 2.05) is 4.90 Å². The van der Waals surface area contributed by atoms with Gasteiger partial charge in [0.05, 0.1) is 18.8 Å². The molecule has 0 atom stereocenters. The van der Waals surface area contributed by atoms with Crippen molar-refractivity contribution in [3.63, 3.8) is 0 Å². The molecule has 0 unspecified atom stereocenters. The number of nitrogens with one attached hydrogen (secondary N) is 1. The average molecular weight is 456 g/mol. The van der Waals surface area contributed by atoms with E-state index in [1.54, 1.807) is 38.1 Å². The number of carbonyl (C=O) groups is 1. The number of hydrogen-bond acceptors (Lipinski definition) is 7. The summed E-state index contributed by atoms with van der Waals surface area (Å²) >= 11 is 0. The Kier molecular flexibility index (Phi) is 6.98. The van der Waals surface area contributed by atoms with Crippen LogP contribution in [0.1, 0.15) is 42.6 Å². The lowest BCUT2D eigenvalue weighted by Crippen LogP contribution is -2.43. The van der Waals surface area contributed by atoms with Crippen LogP contribution >= 0.6 is 0 Å². The summed E-state index contributed by atoms with van der Waals surface area (Å²) in [5.74, 6) is -0.807. The predicted octanol–water partition coefficient (Wildman–Crippen LogP) is 3.42. The Balaban J connectivity index is 1.75. The number of nitrogens with zero attached hydrogens (tertiary/aromatic N) is 2. The van der Waals surface area contributed by atoms with Crippen molar-refractivity contribution in [1.29, 1.82) is 0 Å². The van der Waals surface area contributed by atoms with E-state index in [4.69, 9.17) is 19.6 Å². The minimum atomic E-state index is -0.580. The largest absolute Gasteiger partial charge is 0.491 e. The average Bonchev–Trinajstić information content (AvgIpc) is 3.25. The molecule has 0 saturated carbocycles.